The number of amides is 2. The van der Waals surface area contributed by atoms with Gasteiger partial charge in [0.2, 0.25) is 5.91 Å². The van der Waals surface area contributed by atoms with Gasteiger partial charge < -0.3 is 24.4 Å². The Labute approximate surface area is 178 Å². The quantitative estimate of drug-likeness (QED) is 0.676. The van der Waals surface area contributed by atoms with Crippen LogP contribution in [-0.4, -0.2) is 49.6 Å². The van der Waals surface area contributed by atoms with E-state index in [1.54, 1.807) is 29.2 Å². The van der Waals surface area contributed by atoms with E-state index in [1.807, 2.05) is 6.92 Å². The van der Waals surface area contributed by atoms with E-state index in [-0.39, 0.29) is 12.5 Å². The van der Waals surface area contributed by atoms with Crippen LogP contribution in [0.15, 0.2) is 24.3 Å². The van der Waals surface area contributed by atoms with Gasteiger partial charge in [0.05, 0.1) is 25.8 Å². The van der Waals surface area contributed by atoms with E-state index in [1.165, 1.54) is 25.4 Å². The Morgan fingerprint density at radius 3 is 2.40 bits per heavy atom. The minimum Gasteiger partial charge on any atom is -0.494 e. The van der Waals surface area contributed by atoms with Crippen molar-refractivity contribution in [3.05, 3.63) is 40.3 Å². The smallest absolute Gasteiger partial charge is 0.341 e. The summed E-state index contributed by atoms with van der Waals surface area (Å²) in [6.07, 6.45) is 0.536. The summed E-state index contributed by atoms with van der Waals surface area (Å²) >= 11 is 1.29. The summed E-state index contributed by atoms with van der Waals surface area (Å²) < 4.78 is 15.8. The first-order valence-corrected chi connectivity index (χ1v) is 10.4. The Morgan fingerprint density at radius 1 is 1.13 bits per heavy atom. The van der Waals surface area contributed by atoms with Crippen molar-refractivity contribution in [3.8, 4) is 11.5 Å². The molecule has 0 aliphatic carbocycles. The molecule has 1 N–H and O–H groups in total. The van der Waals surface area contributed by atoms with Gasteiger partial charge in [0, 0.05) is 18.3 Å². The molecule has 1 aromatic carbocycles. The Hall–Kier alpha value is -3.07. The second kappa shape index (κ2) is 9.62. The number of fused-ring (bicyclic) bond motifs is 1. The van der Waals surface area contributed by atoms with Gasteiger partial charge in [-0.2, -0.15) is 0 Å². The molecule has 2 amide bonds. The highest BCUT2D eigenvalue weighted by Crippen LogP contribution is 2.37. The van der Waals surface area contributed by atoms with E-state index in [0.717, 1.165) is 16.2 Å². The molecule has 8 nitrogen and oxygen atoms in total. The number of carbonyl (C=O) groups is 3. The van der Waals surface area contributed by atoms with Crippen LogP contribution in [0.25, 0.3) is 0 Å². The fraction of sp³-hybridized carbons (Fsp3) is 0.381. The number of esters is 1. The van der Waals surface area contributed by atoms with Crippen molar-refractivity contribution in [2.75, 3.05) is 32.2 Å². The van der Waals surface area contributed by atoms with Gasteiger partial charge in [-0.3, -0.25) is 9.59 Å². The summed E-state index contributed by atoms with van der Waals surface area (Å²) in [5, 5.41) is 3.17. The van der Waals surface area contributed by atoms with E-state index in [4.69, 9.17) is 14.2 Å². The number of carbonyl (C=O) groups excluding carboxylic acids is 3. The number of thiophene rings is 1. The SMILES string of the molecule is CCOc1ccc(OCC(=O)Nc2sc3c(c2C(=O)OC)CCN(C(C)=O)C3)cc1. The molecule has 0 radical (unpaired) electrons. The molecule has 1 aliphatic heterocycles. The van der Waals surface area contributed by atoms with Crippen molar-refractivity contribution in [1.82, 2.24) is 4.90 Å². The van der Waals surface area contributed by atoms with Crippen LogP contribution < -0.4 is 14.8 Å². The molecule has 0 saturated heterocycles. The number of hydrogen-bond acceptors (Lipinski definition) is 7. The second-order valence-electron chi connectivity index (χ2n) is 6.63. The van der Waals surface area contributed by atoms with Crippen molar-refractivity contribution in [3.63, 3.8) is 0 Å². The molecule has 30 heavy (non-hydrogen) atoms. The van der Waals surface area contributed by atoms with E-state index >= 15 is 0 Å². The third kappa shape index (κ3) is 4.91. The maximum Gasteiger partial charge on any atom is 0.341 e. The zero-order valence-corrected chi connectivity index (χ0v) is 18.0. The normalized spacial score (nSPS) is 12.7. The number of hydrogen-bond donors (Lipinski definition) is 1. The molecule has 9 heteroatoms. The molecule has 3 rings (SSSR count). The standard InChI is InChI=1S/C21H24N2O6S/c1-4-28-14-5-7-15(8-6-14)29-12-18(25)22-20-19(21(26)27-3)16-9-10-23(13(2)24)11-17(16)30-20/h5-8H,4,9-12H2,1-3H3,(H,22,25). The van der Waals surface area contributed by atoms with Gasteiger partial charge in [-0.25, -0.2) is 4.79 Å². The molecule has 0 atom stereocenters. The predicted octanol–water partition coefficient (Wildman–Crippen LogP) is 2.86. The van der Waals surface area contributed by atoms with Crippen LogP contribution in [0.3, 0.4) is 0 Å². The lowest BCUT2D eigenvalue weighted by Gasteiger charge is -2.25. The van der Waals surface area contributed by atoms with E-state index in [9.17, 15) is 14.4 Å². The number of ether oxygens (including phenoxy) is 3. The van der Waals surface area contributed by atoms with Crippen LogP contribution in [0.1, 0.15) is 34.6 Å². The summed E-state index contributed by atoms with van der Waals surface area (Å²) in [5.74, 6) is 0.329. The van der Waals surface area contributed by atoms with Crippen LogP contribution in [-0.2, 0) is 27.3 Å². The molecule has 0 unspecified atom stereocenters. The number of nitrogens with zero attached hydrogens (tertiary/aromatic N) is 1. The highest BCUT2D eigenvalue weighted by molar-refractivity contribution is 7.17. The Bertz CT molecular complexity index is 938. The minimum atomic E-state index is -0.508. The van der Waals surface area contributed by atoms with Gasteiger partial charge in [-0.05, 0) is 43.2 Å². The van der Waals surface area contributed by atoms with Crippen molar-refractivity contribution >= 4 is 34.1 Å². The van der Waals surface area contributed by atoms with Crippen molar-refractivity contribution < 1.29 is 28.6 Å². The van der Waals surface area contributed by atoms with E-state index < -0.39 is 11.9 Å². The summed E-state index contributed by atoms with van der Waals surface area (Å²) in [4.78, 5) is 39.0. The molecule has 0 spiro atoms. The molecule has 160 valence electrons. The summed E-state index contributed by atoms with van der Waals surface area (Å²) in [5.41, 5.74) is 1.18. The van der Waals surface area contributed by atoms with Crippen LogP contribution in [0.4, 0.5) is 5.00 Å². The molecule has 2 heterocycles. The van der Waals surface area contributed by atoms with Crippen molar-refractivity contribution in [2.45, 2.75) is 26.8 Å². The lowest BCUT2D eigenvalue weighted by molar-refractivity contribution is -0.129. The number of nitrogens with one attached hydrogen (secondary N) is 1. The molecule has 2 aromatic rings. The van der Waals surface area contributed by atoms with E-state index in [0.29, 0.717) is 42.4 Å². The number of methoxy groups -OCH3 is 1. The topological polar surface area (TPSA) is 94.2 Å². The van der Waals surface area contributed by atoms with Crippen LogP contribution >= 0.6 is 11.3 Å². The lowest BCUT2D eigenvalue weighted by atomic mass is 10.0. The minimum absolute atomic E-state index is 0.0250. The first-order valence-electron chi connectivity index (χ1n) is 9.56. The third-order valence-corrected chi connectivity index (χ3v) is 5.78. The predicted molar refractivity (Wildman–Crippen MR) is 112 cm³/mol. The Morgan fingerprint density at radius 2 is 1.80 bits per heavy atom. The molecule has 0 fully saturated rings. The summed E-state index contributed by atoms with van der Waals surface area (Å²) in [6.45, 7) is 4.71. The monoisotopic (exact) mass is 432 g/mol. The maximum atomic E-state index is 12.4. The number of benzene rings is 1. The molecular weight excluding hydrogens is 408 g/mol. The lowest BCUT2D eigenvalue weighted by Crippen LogP contribution is -2.33. The zero-order valence-electron chi connectivity index (χ0n) is 17.1. The Balaban J connectivity index is 1.69. The molecule has 0 bridgehead atoms. The summed E-state index contributed by atoms with van der Waals surface area (Å²) in [7, 11) is 1.30. The maximum absolute atomic E-state index is 12.4. The van der Waals surface area contributed by atoms with Gasteiger partial charge in [-0.1, -0.05) is 0 Å². The first kappa shape index (κ1) is 21.6. The fourth-order valence-corrected chi connectivity index (χ4v) is 4.46. The molecular formula is C21H24N2O6S. The number of rotatable bonds is 7. The van der Waals surface area contributed by atoms with Crippen LogP contribution in [0.5, 0.6) is 11.5 Å². The van der Waals surface area contributed by atoms with Crippen LogP contribution in [0.2, 0.25) is 0 Å². The van der Waals surface area contributed by atoms with Gasteiger partial charge >= 0.3 is 5.97 Å². The number of anilines is 1. The molecule has 1 aliphatic rings. The van der Waals surface area contributed by atoms with Gasteiger partial charge in [0.25, 0.3) is 5.91 Å². The summed E-state index contributed by atoms with van der Waals surface area (Å²) in [6, 6.07) is 6.97. The average Bonchev–Trinajstić information content (AvgIpc) is 3.09. The molecule has 1 aromatic heterocycles. The van der Waals surface area contributed by atoms with Crippen LogP contribution in [0, 0.1) is 0 Å². The van der Waals surface area contributed by atoms with Gasteiger partial charge in [0.1, 0.15) is 16.5 Å². The van der Waals surface area contributed by atoms with Gasteiger partial charge in [-0.15, -0.1) is 11.3 Å². The largest absolute Gasteiger partial charge is 0.494 e. The first-order chi connectivity index (χ1) is 14.4. The van der Waals surface area contributed by atoms with Gasteiger partial charge in [0.15, 0.2) is 6.61 Å². The van der Waals surface area contributed by atoms with Crippen molar-refractivity contribution in [1.29, 1.82) is 0 Å². The van der Waals surface area contributed by atoms with Crippen molar-refractivity contribution in [2.24, 2.45) is 0 Å². The molecule has 0 saturated carbocycles. The Kier molecular flexibility index (Phi) is 6.94. The highest BCUT2D eigenvalue weighted by Gasteiger charge is 2.30. The van der Waals surface area contributed by atoms with E-state index in [2.05, 4.69) is 5.32 Å². The highest BCUT2D eigenvalue weighted by atomic mass is 32.1. The third-order valence-electron chi connectivity index (χ3n) is 4.65. The average molecular weight is 432 g/mol. The zero-order chi connectivity index (χ0) is 21.7. The second-order valence-corrected chi connectivity index (χ2v) is 7.74. The fourth-order valence-electron chi connectivity index (χ4n) is 3.19.